The Morgan fingerprint density at radius 1 is 1.33 bits per heavy atom. The van der Waals surface area contributed by atoms with Crippen molar-refractivity contribution in [3.05, 3.63) is 0 Å². The van der Waals surface area contributed by atoms with Crippen molar-refractivity contribution in [2.24, 2.45) is 11.1 Å². The molecule has 0 radical (unpaired) electrons. The lowest BCUT2D eigenvalue weighted by Gasteiger charge is -2.37. The first kappa shape index (κ1) is 8.45. The minimum Gasteiger partial charge on any atom is -0.327 e. The summed E-state index contributed by atoms with van der Waals surface area (Å²) in [6.45, 7) is 2.03. The van der Waals surface area contributed by atoms with Gasteiger partial charge >= 0.3 is 0 Å². The van der Waals surface area contributed by atoms with E-state index in [1.54, 1.807) is 0 Å². The number of nitrogens with one attached hydrogen (secondary N) is 1. The number of hydrogen-bond acceptors (Lipinski definition) is 2. The molecular formula is C9H17FN2. The second-order valence-electron chi connectivity index (χ2n) is 4.26. The Morgan fingerprint density at radius 2 is 2.00 bits per heavy atom. The van der Waals surface area contributed by atoms with Crippen LogP contribution in [0.4, 0.5) is 4.39 Å². The molecule has 0 aromatic rings. The fourth-order valence-corrected chi connectivity index (χ4v) is 2.70. The molecule has 0 amide bonds. The highest BCUT2D eigenvalue weighted by Crippen LogP contribution is 2.45. The van der Waals surface area contributed by atoms with E-state index in [-0.39, 0.29) is 11.5 Å². The molecule has 1 heterocycles. The monoisotopic (exact) mass is 172 g/mol. The Hall–Kier alpha value is -0.150. The van der Waals surface area contributed by atoms with Gasteiger partial charge < -0.3 is 11.1 Å². The van der Waals surface area contributed by atoms with Gasteiger partial charge in [0.2, 0.25) is 0 Å². The maximum absolute atomic E-state index is 13.1. The van der Waals surface area contributed by atoms with Crippen LogP contribution < -0.4 is 11.1 Å². The first-order valence-electron chi connectivity index (χ1n) is 4.83. The molecule has 2 atom stereocenters. The largest absolute Gasteiger partial charge is 0.327 e. The van der Waals surface area contributed by atoms with Crippen LogP contribution in [-0.2, 0) is 0 Å². The molecule has 1 saturated carbocycles. The van der Waals surface area contributed by atoms with Crippen molar-refractivity contribution >= 4 is 0 Å². The van der Waals surface area contributed by atoms with Gasteiger partial charge in [-0.3, -0.25) is 0 Å². The summed E-state index contributed by atoms with van der Waals surface area (Å²) in [7, 11) is 0. The van der Waals surface area contributed by atoms with E-state index in [2.05, 4.69) is 5.32 Å². The maximum Gasteiger partial charge on any atom is 0.102 e. The normalized spacial score (nSPS) is 40.5. The van der Waals surface area contributed by atoms with Gasteiger partial charge in [-0.15, -0.1) is 0 Å². The third kappa shape index (κ3) is 1.25. The molecule has 0 aromatic heterocycles. The van der Waals surface area contributed by atoms with E-state index in [9.17, 15) is 4.39 Å². The molecular weight excluding hydrogens is 155 g/mol. The minimum atomic E-state index is -0.641. The second-order valence-corrected chi connectivity index (χ2v) is 4.26. The van der Waals surface area contributed by atoms with Crippen molar-refractivity contribution in [1.29, 1.82) is 0 Å². The molecule has 2 aliphatic rings. The Bertz CT molecular complexity index is 166. The number of nitrogens with two attached hydrogens (primary N) is 1. The average Bonchev–Trinajstić information content (AvgIpc) is 2.29. The van der Waals surface area contributed by atoms with Crippen LogP contribution >= 0.6 is 0 Å². The number of piperidine rings is 1. The predicted molar refractivity (Wildman–Crippen MR) is 46.6 cm³/mol. The first-order chi connectivity index (χ1) is 5.73. The van der Waals surface area contributed by atoms with Crippen molar-refractivity contribution < 1.29 is 4.39 Å². The number of rotatable bonds is 0. The van der Waals surface area contributed by atoms with Crippen LogP contribution in [0.2, 0.25) is 0 Å². The molecule has 1 saturated heterocycles. The van der Waals surface area contributed by atoms with Gasteiger partial charge in [-0.2, -0.15) is 0 Å². The van der Waals surface area contributed by atoms with Crippen LogP contribution in [0, 0.1) is 5.41 Å². The molecule has 12 heavy (non-hydrogen) atoms. The van der Waals surface area contributed by atoms with Crippen LogP contribution in [0.25, 0.3) is 0 Å². The van der Waals surface area contributed by atoms with Crippen molar-refractivity contribution in [3.63, 3.8) is 0 Å². The van der Waals surface area contributed by atoms with Gasteiger partial charge in [-0.05, 0) is 44.2 Å². The zero-order valence-corrected chi connectivity index (χ0v) is 7.35. The molecule has 3 heteroatoms. The highest BCUT2D eigenvalue weighted by Gasteiger charge is 2.45. The standard InChI is InChI=1S/C9H17FN2/c10-7-5-8(11)9(6-7)1-3-12-4-2-9/h7-8,12H,1-6,11H2/t7-,8-/m1/s1. The quantitative estimate of drug-likeness (QED) is 0.567. The van der Waals surface area contributed by atoms with E-state index in [4.69, 9.17) is 5.73 Å². The van der Waals surface area contributed by atoms with Crippen molar-refractivity contribution in [2.75, 3.05) is 13.1 Å². The molecule has 0 aromatic carbocycles. The van der Waals surface area contributed by atoms with Crippen LogP contribution in [0.5, 0.6) is 0 Å². The van der Waals surface area contributed by atoms with Gasteiger partial charge in [-0.25, -0.2) is 4.39 Å². The summed E-state index contributed by atoms with van der Waals surface area (Å²) < 4.78 is 13.1. The average molecular weight is 172 g/mol. The van der Waals surface area contributed by atoms with Crippen LogP contribution in [0.15, 0.2) is 0 Å². The SMILES string of the molecule is N[C@@H]1C[C@@H](F)CC12CCNCC2. The molecule has 1 aliphatic heterocycles. The summed E-state index contributed by atoms with van der Waals surface area (Å²) in [4.78, 5) is 0. The van der Waals surface area contributed by atoms with Gasteiger partial charge in [0, 0.05) is 6.04 Å². The van der Waals surface area contributed by atoms with E-state index in [1.807, 2.05) is 0 Å². The van der Waals surface area contributed by atoms with E-state index >= 15 is 0 Å². The van der Waals surface area contributed by atoms with Gasteiger partial charge in [-0.1, -0.05) is 0 Å². The minimum absolute atomic E-state index is 0.106. The highest BCUT2D eigenvalue weighted by molar-refractivity contribution is 5.00. The lowest BCUT2D eigenvalue weighted by atomic mass is 9.75. The zero-order valence-electron chi connectivity index (χ0n) is 7.35. The summed E-state index contributed by atoms with van der Waals surface area (Å²) >= 11 is 0. The van der Waals surface area contributed by atoms with E-state index < -0.39 is 6.17 Å². The van der Waals surface area contributed by atoms with E-state index in [0.29, 0.717) is 12.8 Å². The van der Waals surface area contributed by atoms with Crippen molar-refractivity contribution in [1.82, 2.24) is 5.32 Å². The van der Waals surface area contributed by atoms with Crippen molar-refractivity contribution in [3.8, 4) is 0 Å². The Labute approximate surface area is 72.7 Å². The highest BCUT2D eigenvalue weighted by atomic mass is 19.1. The fraction of sp³-hybridized carbons (Fsp3) is 1.00. The van der Waals surface area contributed by atoms with Crippen LogP contribution in [0.3, 0.4) is 0 Å². The van der Waals surface area contributed by atoms with Gasteiger partial charge in [0.05, 0.1) is 0 Å². The maximum atomic E-state index is 13.1. The third-order valence-corrected chi connectivity index (χ3v) is 3.52. The molecule has 3 N–H and O–H groups in total. The Morgan fingerprint density at radius 3 is 2.50 bits per heavy atom. The fourth-order valence-electron chi connectivity index (χ4n) is 2.70. The summed E-state index contributed by atoms with van der Waals surface area (Å²) in [6, 6.07) is 0.106. The lowest BCUT2D eigenvalue weighted by Crippen LogP contribution is -2.45. The predicted octanol–water partition coefficient (Wildman–Crippen LogP) is 0.815. The Balaban J connectivity index is 2.08. The zero-order chi connectivity index (χ0) is 8.60. The molecule has 70 valence electrons. The summed E-state index contributed by atoms with van der Waals surface area (Å²) in [5.74, 6) is 0. The summed E-state index contributed by atoms with van der Waals surface area (Å²) in [5, 5.41) is 3.29. The molecule has 2 nitrogen and oxygen atoms in total. The van der Waals surface area contributed by atoms with Gasteiger partial charge in [0.25, 0.3) is 0 Å². The first-order valence-corrected chi connectivity index (χ1v) is 4.83. The summed E-state index contributed by atoms with van der Waals surface area (Å²) in [5.41, 5.74) is 6.11. The molecule has 0 bridgehead atoms. The lowest BCUT2D eigenvalue weighted by molar-refractivity contribution is 0.171. The molecule has 2 fully saturated rings. The van der Waals surface area contributed by atoms with Crippen LogP contribution in [-0.4, -0.2) is 25.3 Å². The van der Waals surface area contributed by atoms with Gasteiger partial charge in [0.15, 0.2) is 0 Å². The molecule has 0 unspecified atom stereocenters. The van der Waals surface area contributed by atoms with Gasteiger partial charge in [0.1, 0.15) is 6.17 Å². The molecule has 2 rings (SSSR count). The topological polar surface area (TPSA) is 38.0 Å². The third-order valence-electron chi connectivity index (χ3n) is 3.52. The molecule has 1 aliphatic carbocycles. The second kappa shape index (κ2) is 2.96. The number of halogens is 1. The number of alkyl halides is 1. The smallest absolute Gasteiger partial charge is 0.102 e. The number of hydrogen-bond donors (Lipinski definition) is 2. The molecule has 1 spiro atoms. The Kier molecular flexibility index (Phi) is 2.09. The summed E-state index contributed by atoms with van der Waals surface area (Å²) in [6.07, 6.45) is 2.78. The van der Waals surface area contributed by atoms with Crippen molar-refractivity contribution in [2.45, 2.75) is 37.9 Å². The van der Waals surface area contributed by atoms with Crippen LogP contribution in [0.1, 0.15) is 25.7 Å². The van der Waals surface area contributed by atoms with E-state index in [0.717, 1.165) is 25.9 Å². The van der Waals surface area contributed by atoms with E-state index in [1.165, 1.54) is 0 Å².